The maximum absolute atomic E-state index is 12.9. The fourth-order valence-electron chi connectivity index (χ4n) is 5.53. The van der Waals surface area contributed by atoms with Crippen LogP contribution in [-0.4, -0.2) is 18.0 Å². The maximum atomic E-state index is 12.9. The third kappa shape index (κ3) is 3.17. The summed E-state index contributed by atoms with van der Waals surface area (Å²) in [6.07, 6.45) is 1.80. The van der Waals surface area contributed by atoms with Crippen molar-refractivity contribution in [2.45, 2.75) is 45.6 Å². The quantitative estimate of drug-likeness (QED) is 0.707. The molecule has 3 aliphatic rings. The molecule has 2 aromatic rings. The summed E-state index contributed by atoms with van der Waals surface area (Å²) < 4.78 is 11.6. The van der Waals surface area contributed by atoms with Gasteiger partial charge in [-0.05, 0) is 73.1 Å². The normalized spacial score (nSPS) is 28.7. The minimum absolute atomic E-state index is 0.0466. The number of hydrogen-bond donors (Lipinski definition) is 1. The van der Waals surface area contributed by atoms with Gasteiger partial charge in [-0.1, -0.05) is 26.0 Å². The van der Waals surface area contributed by atoms with Crippen molar-refractivity contribution in [3.8, 4) is 11.5 Å². The van der Waals surface area contributed by atoms with E-state index >= 15 is 0 Å². The van der Waals surface area contributed by atoms with Crippen LogP contribution in [-0.2, 0) is 14.3 Å². The summed E-state index contributed by atoms with van der Waals surface area (Å²) in [7, 11) is 0. The summed E-state index contributed by atoms with van der Waals surface area (Å²) in [5.74, 6) is 1.66. The number of esters is 1. The first kappa shape index (κ1) is 19.2. The van der Waals surface area contributed by atoms with Gasteiger partial charge in [-0.15, -0.1) is 0 Å². The van der Waals surface area contributed by atoms with E-state index in [1.165, 1.54) is 0 Å². The van der Waals surface area contributed by atoms with E-state index in [1.54, 1.807) is 0 Å². The number of amides is 1. The van der Waals surface area contributed by atoms with Gasteiger partial charge in [0.1, 0.15) is 17.6 Å². The lowest BCUT2D eigenvalue weighted by molar-refractivity contribution is -0.145. The number of benzene rings is 2. The number of fused-ring (bicyclic) bond motifs is 1. The van der Waals surface area contributed by atoms with Crippen molar-refractivity contribution in [1.82, 2.24) is 0 Å². The predicted octanol–water partition coefficient (Wildman–Crippen LogP) is 5.05. The van der Waals surface area contributed by atoms with Crippen LogP contribution >= 0.6 is 0 Å². The molecule has 5 atom stereocenters. The molecule has 5 nitrogen and oxygen atoms in total. The number of anilines is 1. The first-order valence-electron chi connectivity index (χ1n) is 10.8. The lowest BCUT2D eigenvalue weighted by Gasteiger charge is -2.23. The first-order valence-corrected chi connectivity index (χ1v) is 10.8. The number of nitrogens with one attached hydrogen (secondary N) is 1. The summed E-state index contributed by atoms with van der Waals surface area (Å²) in [6, 6.07) is 13.7. The van der Waals surface area contributed by atoms with Crippen LogP contribution in [0.25, 0.3) is 0 Å². The molecule has 1 heterocycles. The van der Waals surface area contributed by atoms with Crippen molar-refractivity contribution in [2.75, 3.05) is 5.32 Å². The molecular formula is C25H27NO4. The van der Waals surface area contributed by atoms with Gasteiger partial charge in [-0.25, -0.2) is 0 Å². The van der Waals surface area contributed by atoms with Gasteiger partial charge in [-0.3, -0.25) is 9.59 Å². The van der Waals surface area contributed by atoms with E-state index in [4.69, 9.17) is 9.47 Å². The minimum Gasteiger partial charge on any atom is -0.462 e. The fourth-order valence-corrected chi connectivity index (χ4v) is 5.53. The molecule has 2 saturated carbocycles. The molecule has 0 radical (unpaired) electrons. The molecule has 2 aliphatic carbocycles. The topological polar surface area (TPSA) is 64.6 Å². The monoisotopic (exact) mass is 405 g/mol. The van der Waals surface area contributed by atoms with Crippen LogP contribution in [0.4, 0.5) is 5.69 Å². The van der Waals surface area contributed by atoms with Crippen LogP contribution in [0.2, 0.25) is 0 Å². The van der Waals surface area contributed by atoms with Gasteiger partial charge in [0, 0.05) is 11.6 Å². The smallest absolute Gasteiger partial charge is 0.310 e. The average molecular weight is 405 g/mol. The Morgan fingerprint density at radius 3 is 2.63 bits per heavy atom. The summed E-state index contributed by atoms with van der Waals surface area (Å²) in [5, 5.41) is 3.00. The highest BCUT2D eigenvalue weighted by Gasteiger charge is 2.63. The van der Waals surface area contributed by atoms with Gasteiger partial charge in [0.15, 0.2) is 0 Å². The van der Waals surface area contributed by atoms with E-state index in [9.17, 15) is 9.59 Å². The lowest BCUT2D eigenvalue weighted by atomic mass is 9.79. The molecule has 2 bridgehead atoms. The number of rotatable bonds is 5. The fraction of sp³-hybridized carbons (Fsp3) is 0.440. The number of aryl methyl sites for hydroxylation is 1. The Morgan fingerprint density at radius 2 is 1.90 bits per heavy atom. The zero-order valence-electron chi connectivity index (χ0n) is 17.6. The molecule has 1 amide bonds. The lowest BCUT2D eigenvalue weighted by Crippen LogP contribution is -2.35. The van der Waals surface area contributed by atoms with Gasteiger partial charge in [0.25, 0.3) is 0 Å². The van der Waals surface area contributed by atoms with Gasteiger partial charge < -0.3 is 14.8 Å². The zero-order valence-corrected chi connectivity index (χ0v) is 17.6. The Balaban J connectivity index is 1.28. The third-order valence-electron chi connectivity index (χ3n) is 6.93. The highest BCUT2D eigenvalue weighted by atomic mass is 16.6. The van der Waals surface area contributed by atoms with Gasteiger partial charge in [-0.2, -0.15) is 0 Å². The number of hydrogen-bond acceptors (Lipinski definition) is 4. The average Bonchev–Trinajstić information content (AvgIpc) is 3.32. The summed E-state index contributed by atoms with van der Waals surface area (Å²) in [5.41, 5.74) is 3.03. The maximum Gasteiger partial charge on any atom is 0.310 e. The molecule has 5 heteroatoms. The van der Waals surface area contributed by atoms with E-state index < -0.39 is 0 Å². The second-order valence-electron chi connectivity index (χ2n) is 9.23. The molecular weight excluding hydrogens is 378 g/mol. The number of carbonyl (C=O) groups excluding carboxylic acids is 2. The van der Waals surface area contributed by atoms with Crippen molar-refractivity contribution in [3.05, 3.63) is 53.6 Å². The van der Waals surface area contributed by atoms with Crippen molar-refractivity contribution in [1.29, 1.82) is 0 Å². The molecule has 0 spiro atoms. The molecule has 0 aromatic heterocycles. The van der Waals surface area contributed by atoms with Crippen LogP contribution in [0, 0.1) is 30.6 Å². The van der Waals surface area contributed by atoms with E-state index in [1.807, 2.05) is 37.3 Å². The Hall–Kier alpha value is -2.82. The highest BCUT2D eigenvalue weighted by Crippen LogP contribution is 2.57. The van der Waals surface area contributed by atoms with Gasteiger partial charge >= 0.3 is 5.97 Å². The molecule has 156 valence electrons. The largest absolute Gasteiger partial charge is 0.462 e. The van der Waals surface area contributed by atoms with Crippen LogP contribution in [0.1, 0.15) is 43.7 Å². The highest BCUT2D eigenvalue weighted by molar-refractivity contribution is 5.97. The van der Waals surface area contributed by atoms with Crippen molar-refractivity contribution in [3.63, 3.8) is 0 Å². The Bertz CT molecular complexity index is 995. The van der Waals surface area contributed by atoms with Crippen LogP contribution in [0.3, 0.4) is 0 Å². The molecule has 5 rings (SSSR count). The molecule has 1 saturated heterocycles. The Morgan fingerprint density at radius 1 is 1.13 bits per heavy atom. The molecule has 30 heavy (non-hydrogen) atoms. The number of ether oxygens (including phenoxy) is 2. The van der Waals surface area contributed by atoms with E-state index in [0.29, 0.717) is 11.6 Å². The Kier molecular flexibility index (Phi) is 4.57. The standard InChI is InChI=1S/C25H27NO4/c1-13(2)18-9-4-14(3)10-20(18)29-17-7-5-16(6-8-17)26-24(27)22-15-11-19-21(12-15)30-25(28)23(19)22/h4-10,13,15,19,21-23H,11-12H2,1-3H3,(H,26,27)/t15-,19+,21-,22-,23+/m0/s1. The van der Waals surface area contributed by atoms with Crippen LogP contribution in [0.15, 0.2) is 42.5 Å². The second-order valence-corrected chi connectivity index (χ2v) is 9.23. The summed E-state index contributed by atoms with van der Waals surface area (Å²) in [4.78, 5) is 25.1. The van der Waals surface area contributed by atoms with Crippen LogP contribution in [0.5, 0.6) is 11.5 Å². The molecule has 1 N–H and O–H groups in total. The van der Waals surface area contributed by atoms with Crippen molar-refractivity contribution in [2.24, 2.45) is 23.7 Å². The predicted molar refractivity (Wildman–Crippen MR) is 113 cm³/mol. The third-order valence-corrected chi connectivity index (χ3v) is 6.93. The van der Waals surface area contributed by atoms with Crippen LogP contribution < -0.4 is 10.1 Å². The summed E-state index contributed by atoms with van der Waals surface area (Å²) >= 11 is 0. The molecule has 3 fully saturated rings. The Labute approximate surface area is 176 Å². The minimum atomic E-state index is -0.266. The SMILES string of the molecule is Cc1ccc(C(C)C)c(Oc2ccc(NC(=O)[C@H]3[C@H]4C[C@H]5[C@H]3C(=O)O[C@H]5C4)cc2)c1. The van der Waals surface area contributed by atoms with Crippen molar-refractivity contribution >= 4 is 17.6 Å². The van der Waals surface area contributed by atoms with Crippen molar-refractivity contribution < 1.29 is 19.1 Å². The number of carbonyl (C=O) groups is 2. The molecule has 2 aromatic carbocycles. The summed E-state index contributed by atoms with van der Waals surface area (Å²) in [6.45, 7) is 6.34. The van der Waals surface area contributed by atoms with Gasteiger partial charge in [0.05, 0.1) is 11.8 Å². The molecule has 1 aliphatic heterocycles. The van der Waals surface area contributed by atoms with E-state index in [-0.39, 0.29) is 41.7 Å². The van der Waals surface area contributed by atoms with E-state index in [0.717, 1.165) is 35.5 Å². The first-order chi connectivity index (χ1) is 14.4. The second kappa shape index (κ2) is 7.15. The molecule has 0 unspecified atom stereocenters. The van der Waals surface area contributed by atoms with Gasteiger partial charge in [0.2, 0.25) is 5.91 Å². The zero-order chi connectivity index (χ0) is 21.0. The van der Waals surface area contributed by atoms with E-state index in [2.05, 4.69) is 31.3 Å².